The van der Waals surface area contributed by atoms with Gasteiger partial charge in [-0.25, -0.2) is 14.4 Å². The van der Waals surface area contributed by atoms with E-state index in [1.807, 2.05) is 0 Å². The van der Waals surface area contributed by atoms with E-state index >= 15 is 9.59 Å². The van der Waals surface area contributed by atoms with Crippen LogP contribution >= 0.6 is 11.8 Å². The summed E-state index contributed by atoms with van der Waals surface area (Å²) >= 11 is 1.14. The fraction of sp³-hybridized carbons (Fsp3) is 0.547. The maximum atomic E-state index is 15.3. The molecule has 3 aliphatic carbocycles. The second kappa shape index (κ2) is 20.8. The van der Waals surface area contributed by atoms with E-state index in [2.05, 4.69) is 5.32 Å². The number of Topliss-reactive ketones (excluding diaryl/α,β-unsaturated/α-hetero) is 1. The molecule has 2 aromatic rings. The molecule has 11 atom stereocenters. The Balaban J connectivity index is 1.30. The summed E-state index contributed by atoms with van der Waals surface area (Å²) in [7, 11) is 0. The van der Waals surface area contributed by atoms with Crippen LogP contribution in [0.25, 0.3) is 0 Å². The Kier molecular flexibility index (Phi) is 15.6. The van der Waals surface area contributed by atoms with Crippen LogP contribution < -0.4 is 5.32 Å². The predicted octanol–water partition coefficient (Wildman–Crippen LogP) is 4.60. The topological polar surface area (TPSA) is 268 Å². The molecular formula is C53H64N2O17S. The molecule has 2 saturated carbocycles. The van der Waals surface area contributed by atoms with Crippen molar-refractivity contribution in [1.29, 1.82) is 0 Å². The molecular weight excluding hydrogens is 969 g/mol. The lowest BCUT2D eigenvalue weighted by Gasteiger charge is -2.67. The molecule has 1 saturated heterocycles. The number of alkyl carbamates (subject to hydrolysis) is 1. The number of carbonyl (C=O) groups excluding carboxylic acids is 8. The summed E-state index contributed by atoms with van der Waals surface area (Å²) in [6, 6.07) is 14.3. The Hall–Kier alpha value is -5.93. The molecule has 2 aromatic carbocycles. The molecule has 2 heterocycles. The zero-order valence-electron chi connectivity index (χ0n) is 42.3. The molecule has 3 fully saturated rings. The molecule has 4 N–H and O–H groups in total. The van der Waals surface area contributed by atoms with E-state index in [0.717, 1.165) is 23.6 Å². The van der Waals surface area contributed by atoms with Gasteiger partial charge in [0.25, 0.3) is 11.8 Å². The minimum absolute atomic E-state index is 0.00333. The number of unbranched alkanes of at least 4 members (excludes halogenated alkanes) is 1. The van der Waals surface area contributed by atoms with Crippen molar-refractivity contribution in [3.63, 3.8) is 0 Å². The van der Waals surface area contributed by atoms with Gasteiger partial charge < -0.3 is 49.1 Å². The summed E-state index contributed by atoms with van der Waals surface area (Å²) < 4.78 is 36.2. The SMILES string of the molecule is CSC1=CC(=O)N(CCCCC(=O)O[C@@H](C(=O)O[C@H]2C[C@@]3(O)[C@@H](OC(=O)c4ccccc4)C4C(C)(C(=O)[C@H](O)C(=C2C)C3(C)C)[C@@H](O)CC2OC[C@]24OC(C)=O)[C@@H](NC(=O)OC(C)(C)C)c2ccccc2)C1=O. The molecule has 73 heavy (non-hydrogen) atoms. The van der Waals surface area contributed by atoms with Crippen molar-refractivity contribution in [3.8, 4) is 0 Å². The van der Waals surface area contributed by atoms with Crippen LogP contribution in [0.2, 0.25) is 0 Å². The first-order chi connectivity index (χ1) is 34.2. The first-order valence-corrected chi connectivity index (χ1v) is 25.4. The van der Waals surface area contributed by atoms with E-state index < -0.39 is 130 Å². The number of esters is 4. The summed E-state index contributed by atoms with van der Waals surface area (Å²) in [4.78, 5) is 112. The smallest absolute Gasteiger partial charge is 0.408 e. The average molecular weight is 1030 g/mol. The highest BCUT2D eigenvalue weighted by molar-refractivity contribution is 8.03. The van der Waals surface area contributed by atoms with E-state index in [9.17, 15) is 44.1 Å². The molecule has 2 bridgehead atoms. The number of nitrogens with one attached hydrogen (secondary N) is 1. The monoisotopic (exact) mass is 1030 g/mol. The molecule has 7 rings (SSSR count). The van der Waals surface area contributed by atoms with Gasteiger partial charge in [-0.2, -0.15) is 0 Å². The number of benzene rings is 2. The summed E-state index contributed by atoms with van der Waals surface area (Å²) in [5.74, 6) is -7.46. The average Bonchev–Trinajstić information content (AvgIpc) is 3.60. The Morgan fingerprint density at radius 2 is 1.59 bits per heavy atom. The van der Waals surface area contributed by atoms with E-state index in [1.54, 1.807) is 75.6 Å². The molecule has 0 spiro atoms. The van der Waals surface area contributed by atoms with Gasteiger partial charge in [0, 0.05) is 44.2 Å². The predicted molar refractivity (Wildman–Crippen MR) is 260 cm³/mol. The number of fused-ring (bicyclic) bond motifs is 5. The van der Waals surface area contributed by atoms with E-state index in [4.69, 9.17) is 28.4 Å². The lowest BCUT2D eigenvalue weighted by molar-refractivity contribution is -0.346. The zero-order chi connectivity index (χ0) is 53.6. The van der Waals surface area contributed by atoms with Gasteiger partial charge in [0.15, 0.2) is 11.4 Å². The highest BCUT2D eigenvalue weighted by atomic mass is 32.2. The Morgan fingerprint density at radius 3 is 2.16 bits per heavy atom. The summed E-state index contributed by atoms with van der Waals surface area (Å²) in [6.07, 6.45) is -9.15. The normalized spacial score (nSPS) is 30.2. The van der Waals surface area contributed by atoms with Gasteiger partial charge in [-0.3, -0.25) is 28.9 Å². The Morgan fingerprint density at radius 1 is 0.945 bits per heavy atom. The zero-order valence-corrected chi connectivity index (χ0v) is 43.1. The van der Waals surface area contributed by atoms with Crippen LogP contribution in [0.1, 0.15) is 109 Å². The van der Waals surface area contributed by atoms with E-state index in [1.165, 1.54) is 45.9 Å². The van der Waals surface area contributed by atoms with E-state index in [-0.39, 0.29) is 66.0 Å². The number of amides is 3. The molecule has 3 amide bonds. The van der Waals surface area contributed by atoms with Crippen LogP contribution in [-0.4, -0.2) is 141 Å². The standard InChI is InChI=1S/C53H64N2O17S/c1-28-32(68-47(64)41(39(30-18-12-10-13-19-30)54-48(65)72-49(3,4)5)69-37(59)22-16-17-23-55-36(58)24-33(73-9)45(55)62)26-53(66)44(70-46(63)31-20-14-11-15-21-31)42-51(8,43(61)40(60)38(28)50(53,6)7)34(57)25-35-52(42,27-67-35)71-29(2)56/h10-15,18-21,24,32,34-35,39-42,44,57,60,66H,16-17,22-23,25-27H2,1-9H3,(H,54,65)/t32-,34-,35?,39-,40+,41+,42?,44-,51?,52-,53+/m0/s1. The van der Waals surface area contributed by atoms with Gasteiger partial charge >= 0.3 is 30.0 Å². The molecule has 19 nitrogen and oxygen atoms in total. The summed E-state index contributed by atoms with van der Waals surface area (Å²) in [6.45, 7) is 11.6. The van der Waals surface area contributed by atoms with Crippen molar-refractivity contribution in [3.05, 3.63) is 93.9 Å². The first-order valence-electron chi connectivity index (χ1n) is 24.2. The summed E-state index contributed by atoms with van der Waals surface area (Å²) in [5, 5.41) is 40.9. The Labute approximate surface area is 427 Å². The molecule has 5 aliphatic rings. The van der Waals surface area contributed by atoms with Crippen LogP contribution in [-0.2, 0) is 57.2 Å². The van der Waals surface area contributed by atoms with Crippen molar-refractivity contribution in [2.75, 3.05) is 19.4 Å². The number of nitrogens with zero attached hydrogens (tertiary/aromatic N) is 1. The van der Waals surface area contributed by atoms with Gasteiger partial charge in [-0.05, 0) is 82.6 Å². The van der Waals surface area contributed by atoms with Crippen LogP contribution in [0.3, 0.4) is 0 Å². The minimum atomic E-state index is -2.46. The molecule has 2 aliphatic heterocycles. The van der Waals surface area contributed by atoms with Crippen molar-refractivity contribution in [1.82, 2.24) is 10.2 Å². The number of carbonyl (C=O) groups is 8. The second-order valence-corrected chi connectivity index (χ2v) is 21.9. The highest BCUT2D eigenvalue weighted by Crippen LogP contribution is 2.64. The number of ether oxygens (including phenoxy) is 6. The highest BCUT2D eigenvalue weighted by Gasteiger charge is 2.78. The molecule has 3 unspecified atom stereocenters. The van der Waals surface area contributed by atoms with Crippen molar-refractivity contribution < 1.29 is 82.1 Å². The molecule has 0 radical (unpaired) electrons. The van der Waals surface area contributed by atoms with Crippen molar-refractivity contribution in [2.24, 2.45) is 16.7 Å². The lowest BCUT2D eigenvalue weighted by Crippen LogP contribution is -2.81. The quantitative estimate of drug-likeness (QED) is 0.0624. The Bertz CT molecular complexity index is 2590. The number of ketones is 1. The number of thioether (sulfide) groups is 1. The van der Waals surface area contributed by atoms with Gasteiger partial charge in [0.1, 0.15) is 41.7 Å². The molecule has 20 heteroatoms. The van der Waals surface area contributed by atoms with Crippen molar-refractivity contribution in [2.45, 2.75) is 147 Å². The van der Waals surface area contributed by atoms with Crippen molar-refractivity contribution >= 4 is 59.3 Å². The number of rotatable bonds is 15. The van der Waals surface area contributed by atoms with Crippen LogP contribution in [0.4, 0.5) is 4.79 Å². The third-order valence-electron chi connectivity index (χ3n) is 15.0. The fourth-order valence-corrected chi connectivity index (χ4v) is 11.7. The largest absolute Gasteiger partial charge is 0.455 e. The maximum Gasteiger partial charge on any atom is 0.408 e. The van der Waals surface area contributed by atoms with Crippen LogP contribution in [0.5, 0.6) is 0 Å². The second-order valence-electron chi connectivity index (χ2n) is 21.0. The number of imide groups is 1. The minimum Gasteiger partial charge on any atom is -0.455 e. The fourth-order valence-electron chi connectivity index (χ4n) is 11.2. The van der Waals surface area contributed by atoms with Gasteiger partial charge in [-0.1, -0.05) is 62.4 Å². The molecule has 0 aromatic heterocycles. The number of aliphatic hydroxyl groups excluding tert-OH is 2. The maximum absolute atomic E-state index is 15.3. The van der Waals surface area contributed by atoms with Crippen LogP contribution in [0, 0.1) is 16.7 Å². The number of aliphatic hydroxyl groups is 3. The number of hydrogen-bond acceptors (Lipinski definition) is 18. The molecule has 394 valence electrons. The lowest BCUT2D eigenvalue weighted by atomic mass is 9.44. The first kappa shape index (κ1) is 54.8. The third kappa shape index (κ3) is 10.2. The van der Waals surface area contributed by atoms with Crippen LogP contribution in [0.15, 0.2) is 82.8 Å². The van der Waals surface area contributed by atoms with Gasteiger partial charge in [0.05, 0.1) is 34.5 Å². The summed E-state index contributed by atoms with van der Waals surface area (Å²) in [5.41, 5.74) is -8.81. The number of hydrogen-bond donors (Lipinski definition) is 4. The van der Waals surface area contributed by atoms with Gasteiger partial charge in [0.2, 0.25) is 6.10 Å². The van der Waals surface area contributed by atoms with E-state index in [0.29, 0.717) is 0 Å². The van der Waals surface area contributed by atoms with Gasteiger partial charge in [-0.15, -0.1) is 11.8 Å². The third-order valence-corrected chi connectivity index (χ3v) is 15.7.